The lowest BCUT2D eigenvalue weighted by molar-refractivity contribution is -0.126. The van der Waals surface area contributed by atoms with Crippen molar-refractivity contribution in [2.75, 3.05) is 0 Å². The number of esters is 1. The van der Waals surface area contributed by atoms with Crippen molar-refractivity contribution in [2.45, 2.75) is 0 Å². The molecular formula is C14H9NO2. The van der Waals surface area contributed by atoms with Crippen LogP contribution in [0, 0.1) is 0 Å². The molecule has 3 heteroatoms. The molecule has 0 saturated carbocycles. The van der Waals surface area contributed by atoms with Gasteiger partial charge >= 0.3 is 5.97 Å². The summed E-state index contributed by atoms with van der Waals surface area (Å²) >= 11 is 0. The van der Waals surface area contributed by atoms with Crippen LogP contribution >= 0.6 is 0 Å². The molecular weight excluding hydrogens is 214 g/mol. The highest BCUT2D eigenvalue weighted by molar-refractivity contribution is 6.25. The minimum atomic E-state index is -0.303. The van der Waals surface area contributed by atoms with Gasteiger partial charge in [0.2, 0.25) is 0 Å². The Kier molecular flexibility index (Phi) is 2.22. The summed E-state index contributed by atoms with van der Waals surface area (Å²) in [5, 5.41) is 0. The molecule has 0 amide bonds. The maximum absolute atomic E-state index is 11.7. The zero-order valence-corrected chi connectivity index (χ0v) is 8.96. The normalized spacial score (nSPS) is 15.8. The lowest BCUT2D eigenvalue weighted by Gasteiger charge is -1.95. The average molecular weight is 223 g/mol. The van der Waals surface area contributed by atoms with Gasteiger partial charge in [0.25, 0.3) is 0 Å². The topological polar surface area (TPSA) is 39.2 Å². The van der Waals surface area contributed by atoms with Crippen molar-refractivity contribution >= 4 is 17.6 Å². The van der Waals surface area contributed by atoms with Gasteiger partial charge in [0.05, 0.1) is 5.57 Å². The molecule has 0 bridgehead atoms. The van der Waals surface area contributed by atoms with Crippen LogP contribution in [0.15, 0.2) is 48.8 Å². The maximum Gasteiger partial charge on any atom is 0.344 e. The summed E-state index contributed by atoms with van der Waals surface area (Å²) in [4.78, 5) is 15.7. The van der Waals surface area contributed by atoms with Crippen LogP contribution in [0.1, 0.15) is 11.1 Å². The van der Waals surface area contributed by atoms with E-state index >= 15 is 0 Å². The van der Waals surface area contributed by atoms with Gasteiger partial charge in [-0.15, -0.1) is 0 Å². The van der Waals surface area contributed by atoms with Crippen LogP contribution in [0.25, 0.3) is 11.6 Å². The second-order valence-electron chi connectivity index (χ2n) is 3.72. The fraction of sp³-hybridized carbons (Fsp3) is 0. The molecule has 17 heavy (non-hydrogen) atoms. The van der Waals surface area contributed by atoms with Crippen molar-refractivity contribution in [3.8, 4) is 5.75 Å². The Morgan fingerprint density at radius 3 is 2.65 bits per heavy atom. The molecule has 0 saturated heterocycles. The van der Waals surface area contributed by atoms with Crippen molar-refractivity contribution in [1.29, 1.82) is 0 Å². The van der Waals surface area contributed by atoms with Crippen molar-refractivity contribution in [1.82, 2.24) is 4.98 Å². The minimum absolute atomic E-state index is 0.303. The summed E-state index contributed by atoms with van der Waals surface area (Å²) in [6.07, 6.45) is 5.20. The Bertz CT molecular complexity index is 603. The third-order valence-corrected chi connectivity index (χ3v) is 2.62. The number of fused-ring (bicyclic) bond motifs is 1. The molecule has 1 aliphatic heterocycles. The molecule has 0 fully saturated rings. The molecule has 0 radical (unpaired) electrons. The zero-order chi connectivity index (χ0) is 11.7. The van der Waals surface area contributed by atoms with Gasteiger partial charge in [-0.1, -0.05) is 18.2 Å². The van der Waals surface area contributed by atoms with Crippen LogP contribution in [0.4, 0.5) is 0 Å². The first-order valence-electron chi connectivity index (χ1n) is 5.28. The van der Waals surface area contributed by atoms with Crippen molar-refractivity contribution in [2.24, 2.45) is 0 Å². The molecule has 0 aliphatic carbocycles. The number of aromatic nitrogens is 1. The number of nitrogens with zero attached hydrogens (tertiary/aromatic N) is 1. The number of ether oxygens (including phenoxy) is 1. The largest absolute Gasteiger partial charge is 0.422 e. The molecule has 0 unspecified atom stereocenters. The van der Waals surface area contributed by atoms with E-state index in [1.54, 1.807) is 18.5 Å². The first-order valence-corrected chi connectivity index (χ1v) is 5.28. The number of hydrogen-bond acceptors (Lipinski definition) is 3. The summed E-state index contributed by atoms with van der Waals surface area (Å²) in [6, 6.07) is 11.1. The number of carbonyl (C=O) groups is 1. The molecule has 82 valence electrons. The Hall–Kier alpha value is -2.42. The van der Waals surface area contributed by atoms with Gasteiger partial charge in [-0.2, -0.15) is 0 Å². The van der Waals surface area contributed by atoms with E-state index in [2.05, 4.69) is 4.98 Å². The van der Waals surface area contributed by atoms with Crippen LogP contribution < -0.4 is 4.74 Å². The Labute approximate surface area is 98.4 Å². The van der Waals surface area contributed by atoms with Gasteiger partial charge in [-0.05, 0) is 29.8 Å². The third kappa shape index (κ3) is 1.72. The smallest absolute Gasteiger partial charge is 0.344 e. The fourth-order valence-electron chi connectivity index (χ4n) is 1.81. The predicted molar refractivity (Wildman–Crippen MR) is 64.2 cm³/mol. The summed E-state index contributed by atoms with van der Waals surface area (Å²) in [6.45, 7) is 0. The number of carbonyl (C=O) groups excluding carboxylic acids is 1. The van der Waals surface area contributed by atoms with Gasteiger partial charge in [0.15, 0.2) is 0 Å². The van der Waals surface area contributed by atoms with Crippen molar-refractivity contribution < 1.29 is 9.53 Å². The molecule has 1 aromatic carbocycles. The van der Waals surface area contributed by atoms with E-state index in [0.717, 1.165) is 11.1 Å². The van der Waals surface area contributed by atoms with Gasteiger partial charge in [0, 0.05) is 18.0 Å². The van der Waals surface area contributed by atoms with Gasteiger partial charge in [0.1, 0.15) is 5.75 Å². The summed E-state index contributed by atoms with van der Waals surface area (Å²) < 4.78 is 5.17. The standard InChI is InChI=1S/C14H9NO2/c16-14-12(9-10-5-7-15-8-6-10)11-3-1-2-4-13(11)17-14/h1-9H/b12-9-. The number of pyridine rings is 1. The highest BCUT2D eigenvalue weighted by Crippen LogP contribution is 2.34. The molecule has 3 rings (SSSR count). The van der Waals surface area contributed by atoms with E-state index in [0.29, 0.717) is 11.3 Å². The van der Waals surface area contributed by atoms with Crippen LogP contribution in [0.3, 0.4) is 0 Å². The Morgan fingerprint density at radius 1 is 1.06 bits per heavy atom. The summed E-state index contributed by atoms with van der Waals surface area (Å²) in [7, 11) is 0. The van der Waals surface area contributed by atoms with E-state index in [9.17, 15) is 4.79 Å². The average Bonchev–Trinajstić information content (AvgIpc) is 2.68. The Balaban J connectivity index is 2.10. The van der Waals surface area contributed by atoms with Crippen LogP contribution in [-0.4, -0.2) is 11.0 Å². The second kappa shape index (κ2) is 3.87. The van der Waals surface area contributed by atoms with Crippen LogP contribution in [0.2, 0.25) is 0 Å². The third-order valence-electron chi connectivity index (χ3n) is 2.62. The minimum Gasteiger partial charge on any atom is -0.422 e. The SMILES string of the molecule is O=C1Oc2ccccc2/C1=C/c1ccncc1. The monoisotopic (exact) mass is 223 g/mol. The molecule has 1 aliphatic rings. The van der Waals surface area contributed by atoms with E-state index in [1.807, 2.05) is 36.4 Å². The second-order valence-corrected chi connectivity index (χ2v) is 3.72. The maximum atomic E-state index is 11.7. The molecule has 0 N–H and O–H groups in total. The first-order chi connectivity index (χ1) is 8.34. The molecule has 2 aromatic rings. The zero-order valence-electron chi connectivity index (χ0n) is 8.96. The number of para-hydroxylation sites is 1. The summed E-state index contributed by atoms with van der Waals surface area (Å²) in [5.41, 5.74) is 2.37. The molecule has 3 nitrogen and oxygen atoms in total. The number of rotatable bonds is 1. The Morgan fingerprint density at radius 2 is 1.82 bits per heavy atom. The molecule has 1 aromatic heterocycles. The van der Waals surface area contributed by atoms with Crippen LogP contribution in [0.5, 0.6) is 5.75 Å². The van der Waals surface area contributed by atoms with E-state index in [1.165, 1.54) is 0 Å². The first kappa shape index (κ1) is 9.78. The van der Waals surface area contributed by atoms with E-state index in [-0.39, 0.29) is 5.97 Å². The van der Waals surface area contributed by atoms with Gasteiger partial charge in [-0.25, -0.2) is 4.79 Å². The predicted octanol–water partition coefficient (Wildman–Crippen LogP) is 2.54. The summed E-state index contributed by atoms with van der Waals surface area (Å²) in [5.74, 6) is 0.320. The van der Waals surface area contributed by atoms with Crippen molar-refractivity contribution in [3.63, 3.8) is 0 Å². The van der Waals surface area contributed by atoms with Crippen molar-refractivity contribution in [3.05, 3.63) is 59.9 Å². The van der Waals surface area contributed by atoms with Gasteiger partial charge < -0.3 is 4.74 Å². The molecule has 0 spiro atoms. The van der Waals surface area contributed by atoms with Gasteiger partial charge in [-0.3, -0.25) is 4.98 Å². The number of benzene rings is 1. The highest BCUT2D eigenvalue weighted by atomic mass is 16.5. The lowest BCUT2D eigenvalue weighted by atomic mass is 10.0. The molecule has 0 atom stereocenters. The van der Waals surface area contributed by atoms with E-state index in [4.69, 9.17) is 4.74 Å². The highest BCUT2D eigenvalue weighted by Gasteiger charge is 2.25. The van der Waals surface area contributed by atoms with Crippen LogP contribution in [-0.2, 0) is 4.79 Å². The quantitative estimate of drug-likeness (QED) is 0.423. The van der Waals surface area contributed by atoms with E-state index < -0.39 is 0 Å². The number of hydrogen-bond donors (Lipinski definition) is 0. The molecule has 2 heterocycles. The lowest BCUT2D eigenvalue weighted by Crippen LogP contribution is -2.00. The fourth-order valence-corrected chi connectivity index (χ4v) is 1.81.